The number of rotatable bonds is 53. The molecule has 0 aliphatic carbocycles. The van der Waals surface area contributed by atoms with Gasteiger partial charge in [0.1, 0.15) is 19.3 Å². The fourth-order valence-electron chi connectivity index (χ4n) is 8.07. The smallest absolute Gasteiger partial charge is 0.306 e. The summed E-state index contributed by atoms with van der Waals surface area (Å²) in [6.45, 7) is 5.34. The highest BCUT2D eigenvalue weighted by molar-refractivity contribution is 7.45. The van der Waals surface area contributed by atoms with Crippen LogP contribution in [0, 0.1) is 0 Å². The number of esters is 1. The fourth-order valence-corrected chi connectivity index (χ4v) is 8.80. The Morgan fingerprint density at radius 1 is 0.478 bits per heavy atom. The summed E-state index contributed by atoms with van der Waals surface area (Å²) in [5.41, 5.74) is 0. The molecule has 0 aromatic rings. The van der Waals surface area contributed by atoms with Gasteiger partial charge in [0.2, 0.25) is 0 Å². The number of nitrogens with zero attached hydrogens (tertiary/aromatic N) is 1. The lowest BCUT2D eigenvalue weighted by Gasteiger charge is -2.28. The van der Waals surface area contributed by atoms with Gasteiger partial charge in [-0.2, -0.15) is 0 Å². The van der Waals surface area contributed by atoms with Crippen LogP contribution in [0.25, 0.3) is 0 Å². The zero-order chi connectivity index (χ0) is 49.0. The lowest BCUT2D eigenvalue weighted by Crippen LogP contribution is -2.37. The summed E-state index contributed by atoms with van der Waals surface area (Å²) < 4.78 is 34.9. The van der Waals surface area contributed by atoms with Crippen LogP contribution in [-0.4, -0.2) is 70.7 Å². The van der Waals surface area contributed by atoms with Crippen LogP contribution in [0.1, 0.15) is 258 Å². The predicted molar refractivity (Wildman–Crippen MR) is 286 cm³/mol. The number of allylic oxidation sites excluding steroid dienone is 8. The zero-order valence-electron chi connectivity index (χ0n) is 44.9. The van der Waals surface area contributed by atoms with Gasteiger partial charge < -0.3 is 27.9 Å². The van der Waals surface area contributed by atoms with E-state index in [0.717, 1.165) is 57.8 Å². The number of hydrogen-bond acceptors (Lipinski definition) is 7. The number of phosphoric ester groups is 1. The molecule has 0 rings (SSSR count). The van der Waals surface area contributed by atoms with Crippen molar-refractivity contribution in [3.63, 3.8) is 0 Å². The lowest BCUT2D eigenvalue weighted by molar-refractivity contribution is -0.870. The van der Waals surface area contributed by atoms with E-state index in [9.17, 15) is 14.3 Å². The van der Waals surface area contributed by atoms with Crippen LogP contribution >= 0.6 is 7.82 Å². The van der Waals surface area contributed by atoms with E-state index in [2.05, 4.69) is 62.5 Å². The Labute approximate surface area is 416 Å². The number of ether oxygens (including phenoxy) is 2. The Balaban J connectivity index is 4.06. The normalized spacial score (nSPS) is 13.8. The van der Waals surface area contributed by atoms with Gasteiger partial charge in [0.25, 0.3) is 7.82 Å². The number of carbonyl (C=O) groups excluding carboxylic acids is 1. The first-order chi connectivity index (χ1) is 32.6. The highest BCUT2D eigenvalue weighted by Gasteiger charge is 2.20. The van der Waals surface area contributed by atoms with Gasteiger partial charge >= 0.3 is 5.97 Å². The number of quaternary nitrogens is 1. The fraction of sp³-hybridized carbons (Fsp3) is 0.845. The summed E-state index contributed by atoms with van der Waals surface area (Å²) in [6, 6.07) is 0. The van der Waals surface area contributed by atoms with Gasteiger partial charge in [0.05, 0.1) is 34.4 Å². The molecule has 8 nitrogen and oxygen atoms in total. The molecule has 2 atom stereocenters. The van der Waals surface area contributed by atoms with Gasteiger partial charge in [0, 0.05) is 13.0 Å². The quantitative estimate of drug-likeness (QED) is 0.0197. The largest absolute Gasteiger partial charge is 0.756 e. The highest BCUT2D eigenvalue weighted by atomic mass is 31.2. The van der Waals surface area contributed by atoms with Crippen molar-refractivity contribution in [2.45, 2.75) is 264 Å². The predicted octanol–water partition coefficient (Wildman–Crippen LogP) is 17.2. The Morgan fingerprint density at radius 2 is 0.866 bits per heavy atom. The van der Waals surface area contributed by atoms with Crippen molar-refractivity contribution < 1.29 is 37.3 Å². The molecule has 0 saturated carbocycles. The third-order valence-electron chi connectivity index (χ3n) is 12.4. The van der Waals surface area contributed by atoms with Gasteiger partial charge in [-0.05, 0) is 51.4 Å². The maximum atomic E-state index is 12.8. The van der Waals surface area contributed by atoms with E-state index < -0.39 is 13.9 Å². The van der Waals surface area contributed by atoms with Crippen molar-refractivity contribution in [3.8, 4) is 0 Å². The molecule has 0 aliphatic heterocycles. The van der Waals surface area contributed by atoms with Crippen LogP contribution in [0.15, 0.2) is 48.6 Å². The van der Waals surface area contributed by atoms with Crippen LogP contribution in [-0.2, 0) is 27.9 Å². The second kappa shape index (κ2) is 50.8. The van der Waals surface area contributed by atoms with Gasteiger partial charge in [-0.15, -0.1) is 0 Å². The molecule has 0 aromatic carbocycles. The summed E-state index contributed by atoms with van der Waals surface area (Å²) in [4.78, 5) is 25.3. The Bertz CT molecular complexity index is 1210. The van der Waals surface area contributed by atoms with Gasteiger partial charge in [0.15, 0.2) is 0 Å². The standard InChI is InChI=1S/C58H110NO7P/c1-6-8-10-12-14-16-18-20-22-24-26-28-29-30-32-34-36-38-40-42-44-46-48-50-53-63-55-57(56-65-67(61,62)64-54-52-59(3,4)5)66-58(60)51-49-47-45-43-41-39-37-35-33-31-27-25-23-21-19-17-15-13-11-9-7-2/h8,10,14,16,20,22,26,28,57H,6-7,9,11-13,15,17-19,21,23-25,27,29-56H2,1-5H3/b10-8-,16-14-,22-20-,28-26-. The number of phosphoric acid groups is 1. The maximum Gasteiger partial charge on any atom is 0.306 e. The number of hydrogen-bond donors (Lipinski definition) is 0. The molecular formula is C58H110NO7P. The van der Waals surface area contributed by atoms with Crippen LogP contribution in [0.2, 0.25) is 0 Å². The number of carbonyl (C=O) groups is 1. The lowest BCUT2D eigenvalue weighted by atomic mass is 10.0. The first kappa shape index (κ1) is 65.5. The first-order valence-electron chi connectivity index (χ1n) is 28.4. The summed E-state index contributed by atoms with van der Waals surface area (Å²) in [6.07, 6.45) is 64.3. The Kier molecular flexibility index (Phi) is 49.7. The van der Waals surface area contributed by atoms with Crippen molar-refractivity contribution in [2.24, 2.45) is 0 Å². The minimum Gasteiger partial charge on any atom is -0.756 e. The molecule has 0 amide bonds. The molecule has 9 heteroatoms. The average Bonchev–Trinajstić information content (AvgIpc) is 3.29. The average molecular weight is 964 g/mol. The zero-order valence-corrected chi connectivity index (χ0v) is 45.7. The molecule has 0 heterocycles. The van der Waals surface area contributed by atoms with Crippen LogP contribution < -0.4 is 4.89 Å². The molecule has 0 N–H and O–H groups in total. The highest BCUT2D eigenvalue weighted by Crippen LogP contribution is 2.38. The van der Waals surface area contributed by atoms with E-state index in [-0.39, 0.29) is 25.8 Å². The van der Waals surface area contributed by atoms with E-state index in [1.807, 2.05) is 21.1 Å². The third kappa shape index (κ3) is 55.3. The van der Waals surface area contributed by atoms with Gasteiger partial charge in [-0.1, -0.05) is 249 Å². The molecule has 0 aliphatic rings. The number of likely N-dealkylation sites (N-methyl/N-ethyl adjacent to an activating group) is 1. The molecule has 0 saturated heterocycles. The molecule has 0 aromatic heterocycles. The van der Waals surface area contributed by atoms with E-state index in [4.69, 9.17) is 18.5 Å². The van der Waals surface area contributed by atoms with Crippen molar-refractivity contribution in [1.82, 2.24) is 0 Å². The molecular weight excluding hydrogens is 854 g/mol. The second-order valence-corrected chi connectivity index (χ2v) is 21.7. The SMILES string of the molecule is CC/C=C\C/C=C\C/C=C\C/C=C\CCCCCCCCCCCCCOCC(COP(=O)([O-])OCC[N+](C)(C)C)OC(=O)CCCCCCCCCCCCCCCCCCCCCCC. The van der Waals surface area contributed by atoms with E-state index in [0.29, 0.717) is 24.1 Å². The van der Waals surface area contributed by atoms with Gasteiger partial charge in [-0.25, -0.2) is 0 Å². The van der Waals surface area contributed by atoms with Crippen molar-refractivity contribution in [1.29, 1.82) is 0 Å². The monoisotopic (exact) mass is 964 g/mol. The minimum absolute atomic E-state index is 0.0263. The van der Waals surface area contributed by atoms with Crippen LogP contribution in [0.4, 0.5) is 0 Å². The van der Waals surface area contributed by atoms with Crippen molar-refractivity contribution in [2.75, 3.05) is 54.1 Å². The summed E-state index contributed by atoms with van der Waals surface area (Å²) in [5.74, 6) is -0.330. The molecule has 0 radical (unpaired) electrons. The van der Waals surface area contributed by atoms with E-state index in [1.54, 1.807) is 0 Å². The summed E-state index contributed by atoms with van der Waals surface area (Å²) in [5, 5.41) is 0. The summed E-state index contributed by atoms with van der Waals surface area (Å²) >= 11 is 0. The van der Waals surface area contributed by atoms with Crippen molar-refractivity contribution >= 4 is 13.8 Å². The van der Waals surface area contributed by atoms with E-state index in [1.165, 1.54) is 180 Å². The second-order valence-electron chi connectivity index (χ2n) is 20.3. The molecule has 394 valence electrons. The molecule has 67 heavy (non-hydrogen) atoms. The van der Waals surface area contributed by atoms with Gasteiger partial charge in [-0.3, -0.25) is 9.36 Å². The maximum absolute atomic E-state index is 12.8. The Hall–Kier alpha value is -1.54. The first-order valence-corrected chi connectivity index (χ1v) is 29.8. The molecule has 0 bridgehead atoms. The minimum atomic E-state index is -4.53. The van der Waals surface area contributed by atoms with Crippen molar-refractivity contribution in [3.05, 3.63) is 48.6 Å². The van der Waals surface area contributed by atoms with Crippen LogP contribution in [0.3, 0.4) is 0 Å². The van der Waals surface area contributed by atoms with Crippen LogP contribution in [0.5, 0.6) is 0 Å². The Morgan fingerprint density at radius 3 is 1.30 bits per heavy atom. The van der Waals surface area contributed by atoms with E-state index >= 15 is 0 Å². The third-order valence-corrected chi connectivity index (χ3v) is 13.4. The molecule has 0 fully saturated rings. The topological polar surface area (TPSA) is 94.1 Å². The molecule has 2 unspecified atom stereocenters. The number of unbranched alkanes of at least 4 members (excludes halogenated alkanes) is 31. The summed E-state index contributed by atoms with van der Waals surface area (Å²) in [7, 11) is 1.36. The molecule has 0 spiro atoms.